The maximum Gasteiger partial charge on any atom is 0.251 e. The molecule has 0 saturated carbocycles. The van der Waals surface area contributed by atoms with Crippen LogP contribution in [-0.4, -0.2) is 44.0 Å². The zero-order valence-electron chi connectivity index (χ0n) is 17.6. The lowest BCUT2D eigenvalue weighted by atomic mass is 9.89. The van der Waals surface area contributed by atoms with Crippen molar-refractivity contribution >= 4 is 35.8 Å². The van der Waals surface area contributed by atoms with E-state index in [4.69, 9.17) is 0 Å². The highest BCUT2D eigenvalue weighted by Gasteiger charge is 2.16. The molecule has 1 heterocycles. The van der Waals surface area contributed by atoms with E-state index in [0.29, 0.717) is 17.4 Å². The minimum absolute atomic E-state index is 0. The number of benzene rings is 1. The Balaban J connectivity index is 0.00000420. The lowest BCUT2D eigenvalue weighted by Gasteiger charge is -2.23. The minimum Gasteiger partial charge on any atom is -0.356 e. The van der Waals surface area contributed by atoms with E-state index in [1.165, 1.54) is 5.56 Å². The number of nitrogens with one attached hydrogen (secondary N) is 3. The van der Waals surface area contributed by atoms with Crippen LogP contribution in [-0.2, 0) is 6.42 Å². The van der Waals surface area contributed by atoms with Crippen molar-refractivity contribution in [3.8, 4) is 0 Å². The molecule has 1 aromatic heterocycles. The van der Waals surface area contributed by atoms with Gasteiger partial charge in [0.1, 0.15) is 0 Å². The average molecular weight is 509 g/mol. The fourth-order valence-corrected chi connectivity index (χ4v) is 3.10. The number of pyridine rings is 1. The number of nitrogens with zero attached hydrogens (tertiary/aromatic N) is 2. The van der Waals surface area contributed by atoms with Crippen LogP contribution in [0.15, 0.2) is 53.8 Å². The zero-order valence-corrected chi connectivity index (χ0v) is 19.9. The molecule has 0 bridgehead atoms. The summed E-state index contributed by atoms with van der Waals surface area (Å²) in [6.45, 7) is 5.95. The third kappa shape index (κ3) is 8.00. The predicted octanol–water partition coefficient (Wildman–Crippen LogP) is 3.21. The molecule has 0 spiro atoms. The summed E-state index contributed by atoms with van der Waals surface area (Å²) in [5, 5.41) is 9.42. The van der Waals surface area contributed by atoms with E-state index in [9.17, 15) is 4.79 Å². The smallest absolute Gasteiger partial charge is 0.251 e. The number of amides is 1. The van der Waals surface area contributed by atoms with Crippen molar-refractivity contribution in [1.82, 2.24) is 20.9 Å². The van der Waals surface area contributed by atoms with Crippen LogP contribution < -0.4 is 16.0 Å². The summed E-state index contributed by atoms with van der Waals surface area (Å²) in [7, 11) is 3.41. The van der Waals surface area contributed by atoms with E-state index in [0.717, 1.165) is 31.0 Å². The Hall–Kier alpha value is -2.16. The lowest BCUT2D eigenvalue weighted by Crippen LogP contribution is -2.40. The van der Waals surface area contributed by atoms with Crippen LogP contribution in [0.1, 0.15) is 41.3 Å². The highest BCUT2D eigenvalue weighted by molar-refractivity contribution is 14.0. The molecule has 3 N–H and O–H groups in total. The molecule has 0 aliphatic heterocycles. The van der Waals surface area contributed by atoms with Gasteiger partial charge in [-0.25, -0.2) is 0 Å². The first kappa shape index (κ1) is 24.9. The van der Waals surface area contributed by atoms with Crippen molar-refractivity contribution in [3.05, 3.63) is 65.5 Å². The van der Waals surface area contributed by atoms with Gasteiger partial charge in [0.15, 0.2) is 5.96 Å². The number of hydrogen-bond donors (Lipinski definition) is 3. The normalized spacial score (nSPS) is 12.1. The highest BCUT2D eigenvalue weighted by atomic mass is 127. The number of carbonyl (C=O) groups excluding carboxylic acids is 1. The molecule has 0 saturated heterocycles. The Kier molecular flexibility index (Phi) is 11.3. The topological polar surface area (TPSA) is 78.4 Å². The minimum atomic E-state index is -0.0672. The second-order valence-corrected chi connectivity index (χ2v) is 7.05. The summed E-state index contributed by atoms with van der Waals surface area (Å²) in [6.07, 6.45) is 4.54. The highest BCUT2D eigenvalue weighted by Crippen LogP contribution is 2.22. The summed E-state index contributed by atoms with van der Waals surface area (Å²) in [5.74, 6) is 1.55. The first-order valence-corrected chi connectivity index (χ1v) is 9.70. The second kappa shape index (κ2) is 13.1. The molecule has 2 aromatic rings. The van der Waals surface area contributed by atoms with E-state index in [2.05, 4.69) is 45.8 Å². The number of aromatic nitrogens is 1. The molecule has 1 atom stereocenters. The summed E-state index contributed by atoms with van der Waals surface area (Å²) in [5.41, 5.74) is 3.02. The molecule has 2 rings (SSSR count). The van der Waals surface area contributed by atoms with Crippen molar-refractivity contribution in [1.29, 1.82) is 0 Å². The Morgan fingerprint density at radius 2 is 1.97 bits per heavy atom. The molecule has 158 valence electrons. The summed E-state index contributed by atoms with van der Waals surface area (Å²) >= 11 is 0. The van der Waals surface area contributed by atoms with E-state index in [-0.39, 0.29) is 29.9 Å². The van der Waals surface area contributed by atoms with Crippen LogP contribution in [0.5, 0.6) is 0 Å². The van der Waals surface area contributed by atoms with Crippen LogP contribution >= 0.6 is 24.0 Å². The molecule has 1 aromatic carbocycles. The first-order valence-electron chi connectivity index (χ1n) is 9.70. The Morgan fingerprint density at radius 1 is 1.17 bits per heavy atom. The fourth-order valence-electron chi connectivity index (χ4n) is 3.10. The molecule has 0 fully saturated rings. The van der Waals surface area contributed by atoms with Gasteiger partial charge in [0.2, 0.25) is 0 Å². The number of rotatable bonds is 8. The molecule has 1 amide bonds. The number of carbonyl (C=O) groups is 1. The van der Waals surface area contributed by atoms with Gasteiger partial charge in [0, 0.05) is 51.1 Å². The quantitative estimate of drug-likeness (QED) is 0.290. The van der Waals surface area contributed by atoms with Crippen molar-refractivity contribution in [2.24, 2.45) is 10.9 Å². The van der Waals surface area contributed by atoms with Gasteiger partial charge in [-0.1, -0.05) is 32.0 Å². The molecule has 0 radical (unpaired) electrons. The Labute approximate surface area is 191 Å². The number of hydrogen-bond acceptors (Lipinski definition) is 3. The van der Waals surface area contributed by atoms with Crippen LogP contribution in [0, 0.1) is 5.92 Å². The van der Waals surface area contributed by atoms with Gasteiger partial charge in [0.05, 0.1) is 0 Å². The predicted molar refractivity (Wildman–Crippen MR) is 130 cm³/mol. The summed E-state index contributed by atoms with van der Waals surface area (Å²) in [4.78, 5) is 20.3. The molecule has 1 unspecified atom stereocenters. The largest absolute Gasteiger partial charge is 0.356 e. The van der Waals surface area contributed by atoms with Gasteiger partial charge in [-0.15, -0.1) is 24.0 Å². The van der Waals surface area contributed by atoms with E-state index in [1.807, 2.05) is 36.5 Å². The van der Waals surface area contributed by atoms with E-state index < -0.39 is 0 Å². The first-order chi connectivity index (χ1) is 13.5. The molecule has 0 aliphatic rings. The number of halogens is 1. The summed E-state index contributed by atoms with van der Waals surface area (Å²) < 4.78 is 0. The zero-order chi connectivity index (χ0) is 20.4. The Bertz CT molecular complexity index is 780. The van der Waals surface area contributed by atoms with E-state index in [1.54, 1.807) is 20.3 Å². The van der Waals surface area contributed by atoms with Crippen molar-refractivity contribution in [3.63, 3.8) is 0 Å². The average Bonchev–Trinajstić information content (AvgIpc) is 2.72. The second-order valence-electron chi connectivity index (χ2n) is 7.05. The standard InChI is InChI=1S/C22H31N5O.HI/c1-16(2)20(19-9-6-11-25-14-19)15-27-22(24-4)26-12-10-17-7-5-8-18(13-17)21(28)23-3;/h5-9,11,13-14,16,20H,10,12,15H2,1-4H3,(H,23,28)(H2,24,26,27);1H. The van der Waals surface area contributed by atoms with Crippen molar-refractivity contribution in [2.75, 3.05) is 27.2 Å². The fraction of sp³-hybridized carbons (Fsp3) is 0.409. The number of aliphatic imine (C=N–C) groups is 1. The molecule has 29 heavy (non-hydrogen) atoms. The SMILES string of the molecule is CN=C(NCCc1cccc(C(=O)NC)c1)NCC(c1cccnc1)C(C)C.I. The van der Waals surface area contributed by atoms with Gasteiger partial charge in [-0.3, -0.25) is 14.8 Å². The maximum absolute atomic E-state index is 11.8. The van der Waals surface area contributed by atoms with Gasteiger partial charge in [0.25, 0.3) is 5.91 Å². The number of guanidine groups is 1. The monoisotopic (exact) mass is 509 g/mol. The maximum atomic E-state index is 11.8. The van der Waals surface area contributed by atoms with Gasteiger partial charge in [-0.2, -0.15) is 0 Å². The van der Waals surface area contributed by atoms with Gasteiger partial charge < -0.3 is 16.0 Å². The van der Waals surface area contributed by atoms with Crippen LogP contribution in [0.3, 0.4) is 0 Å². The lowest BCUT2D eigenvalue weighted by molar-refractivity contribution is 0.0963. The van der Waals surface area contributed by atoms with Crippen molar-refractivity contribution < 1.29 is 4.79 Å². The van der Waals surface area contributed by atoms with Gasteiger partial charge >= 0.3 is 0 Å². The Morgan fingerprint density at radius 3 is 2.59 bits per heavy atom. The van der Waals surface area contributed by atoms with E-state index >= 15 is 0 Å². The molecule has 6 nitrogen and oxygen atoms in total. The summed E-state index contributed by atoms with van der Waals surface area (Å²) in [6, 6.07) is 11.8. The van der Waals surface area contributed by atoms with Crippen LogP contribution in [0.4, 0.5) is 0 Å². The van der Waals surface area contributed by atoms with Gasteiger partial charge in [-0.05, 0) is 41.7 Å². The molecule has 7 heteroatoms. The third-order valence-corrected chi connectivity index (χ3v) is 4.75. The molecular formula is C22H32IN5O. The third-order valence-electron chi connectivity index (χ3n) is 4.75. The van der Waals surface area contributed by atoms with Crippen molar-refractivity contribution in [2.45, 2.75) is 26.2 Å². The van der Waals surface area contributed by atoms with Crippen LogP contribution in [0.2, 0.25) is 0 Å². The van der Waals surface area contributed by atoms with Crippen LogP contribution in [0.25, 0.3) is 0 Å². The molecule has 0 aliphatic carbocycles. The molecular weight excluding hydrogens is 477 g/mol.